The Hall–Kier alpha value is -0.610. The van der Waals surface area contributed by atoms with Gasteiger partial charge in [-0.15, -0.1) is 0 Å². The number of hydrogen-bond donors (Lipinski definition) is 3. The number of carbonyl (C=O) groups is 1. The third-order valence-electron chi connectivity index (χ3n) is 3.02. The Kier molecular flexibility index (Phi) is 4.35. The fraction of sp³-hybridized carbons (Fsp3) is 0.900. The van der Waals surface area contributed by atoms with Gasteiger partial charge in [0.05, 0.1) is 0 Å². The highest BCUT2D eigenvalue weighted by molar-refractivity contribution is 5.73. The van der Waals surface area contributed by atoms with Crippen LogP contribution in [0.5, 0.6) is 0 Å². The highest BCUT2D eigenvalue weighted by Gasteiger charge is 2.29. The van der Waals surface area contributed by atoms with E-state index in [1.54, 1.807) is 0 Å². The topological polar surface area (TPSA) is 69.6 Å². The third kappa shape index (κ3) is 2.69. The number of aliphatic carboxylic acids is 1. The summed E-state index contributed by atoms with van der Waals surface area (Å²) in [7, 11) is 0. The molecule has 0 saturated heterocycles. The lowest BCUT2D eigenvalue weighted by Gasteiger charge is -2.22. The second kappa shape index (κ2) is 5.32. The summed E-state index contributed by atoms with van der Waals surface area (Å²) in [5.74, 6) is -0.556. The maximum absolute atomic E-state index is 10.8. The van der Waals surface area contributed by atoms with E-state index < -0.39 is 12.0 Å². The lowest BCUT2D eigenvalue weighted by Crippen LogP contribution is -2.45. The van der Waals surface area contributed by atoms with Crippen molar-refractivity contribution in [2.45, 2.75) is 44.7 Å². The zero-order chi connectivity index (χ0) is 10.6. The van der Waals surface area contributed by atoms with E-state index in [0.29, 0.717) is 6.42 Å². The van der Waals surface area contributed by atoms with Crippen molar-refractivity contribution in [3.8, 4) is 0 Å². The van der Waals surface area contributed by atoms with Crippen molar-refractivity contribution < 1.29 is 15.0 Å². The first-order valence-electron chi connectivity index (χ1n) is 5.28. The molecule has 14 heavy (non-hydrogen) atoms. The van der Waals surface area contributed by atoms with Gasteiger partial charge in [0.15, 0.2) is 0 Å². The van der Waals surface area contributed by atoms with Crippen LogP contribution in [0.3, 0.4) is 0 Å². The van der Waals surface area contributed by atoms with E-state index in [2.05, 4.69) is 5.32 Å². The molecular weight excluding hydrogens is 182 g/mol. The van der Waals surface area contributed by atoms with Gasteiger partial charge in [-0.3, -0.25) is 4.79 Å². The molecule has 3 N–H and O–H groups in total. The van der Waals surface area contributed by atoms with E-state index >= 15 is 0 Å². The number of rotatable bonds is 5. The Balaban J connectivity index is 2.45. The van der Waals surface area contributed by atoms with Crippen molar-refractivity contribution in [2.24, 2.45) is 5.92 Å². The number of carboxylic acid groups (broad SMARTS) is 1. The number of nitrogens with one attached hydrogen (secondary N) is 1. The molecule has 1 aliphatic rings. The molecular formula is C10H19NO3. The normalized spacial score (nSPS) is 29.0. The SMILES string of the molecule is CCC(NC1CCCC1CO)C(=O)O. The van der Waals surface area contributed by atoms with Crippen LogP contribution < -0.4 is 5.32 Å². The summed E-state index contributed by atoms with van der Waals surface area (Å²) in [4.78, 5) is 10.8. The second-order valence-corrected chi connectivity index (χ2v) is 3.95. The third-order valence-corrected chi connectivity index (χ3v) is 3.02. The smallest absolute Gasteiger partial charge is 0.320 e. The van der Waals surface area contributed by atoms with Gasteiger partial charge in [0.2, 0.25) is 0 Å². The molecule has 0 aliphatic heterocycles. The van der Waals surface area contributed by atoms with E-state index in [-0.39, 0.29) is 18.6 Å². The lowest BCUT2D eigenvalue weighted by molar-refractivity contribution is -0.139. The summed E-state index contributed by atoms with van der Waals surface area (Å²) >= 11 is 0. The van der Waals surface area contributed by atoms with E-state index in [1.807, 2.05) is 6.92 Å². The van der Waals surface area contributed by atoms with Crippen LogP contribution in [0, 0.1) is 5.92 Å². The van der Waals surface area contributed by atoms with Gasteiger partial charge in [0.1, 0.15) is 6.04 Å². The molecule has 4 nitrogen and oxygen atoms in total. The first kappa shape index (κ1) is 11.5. The van der Waals surface area contributed by atoms with Gasteiger partial charge in [-0.25, -0.2) is 0 Å². The van der Waals surface area contributed by atoms with Gasteiger partial charge in [0, 0.05) is 12.6 Å². The summed E-state index contributed by atoms with van der Waals surface area (Å²) in [5, 5.41) is 21.0. The highest BCUT2D eigenvalue weighted by Crippen LogP contribution is 2.25. The Morgan fingerprint density at radius 1 is 1.57 bits per heavy atom. The molecule has 0 aromatic rings. The molecule has 0 bridgehead atoms. The number of hydrogen-bond acceptors (Lipinski definition) is 3. The number of aliphatic hydroxyl groups excluding tert-OH is 1. The average molecular weight is 201 g/mol. The lowest BCUT2D eigenvalue weighted by atomic mass is 10.0. The number of aliphatic hydroxyl groups is 1. The molecule has 1 aliphatic carbocycles. The van der Waals surface area contributed by atoms with Gasteiger partial charge in [-0.2, -0.15) is 0 Å². The molecule has 0 aromatic heterocycles. The summed E-state index contributed by atoms with van der Waals surface area (Å²) < 4.78 is 0. The average Bonchev–Trinajstić information content (AvgIpc) is 2.60. The summed E-state index contributed by atoms with van der Waals surface area (Å²) in [6.45, 7) is 2.02. The first-order valence-corrected chi connectivity index (χ1v) is 5.28. The van der Waals surface area contributed by atoms with Crippen LogP contribution in [0.1, 0.15) is 32.6 Å². The quantitative estimate of drug-likeness (QED) is 0.609. The molecule has 0 radical (unpaired) electrons. The molecule has 3 unspecified atom stereocenters. The van der Waals surface area contributed by atoms with Crippen LogP contribution in [0.4, 0.5) is 0 Å². The molecule has 3 atom stereocenters. The highest BCUT2D eigenvalue weighted by atomic mass is 16.4. The van der Waals surface area contributed by atoms with Crippen LogP contribution in [-0.2, 0) is 4.79 Å². The monoisotopic (exact) mass is 201 g/mol. The van der Waals surface area contributed by atoms with Gasteiger partial charge in [0.25, 0.3) is 0 Å². The number of carboxylic acids is 1. The van der Waals surface area contributed by atoms with Crippen LogP contribution in [0.25, 0.3) is 0 Å². The molecule has 1 saturated carbocycles. The van der Waals surface area contributed by atoms with Crippen molar-refractivity contribution in [3.63, 3.8) is 0 Å². The van der Waals surface area contributed by atoms with Crippen molar-refractivity contribution in [1.29, 1.82) is 0 Å². The molecule has 82 valence electrons. The Labute approximate surface area is 84.3 Å². The van der Waals surface area contributed by atoms with Gasteiger partial charge in [-0.05, 0) is 25.2 Å². The van der Waals surface area contributed by atoms with E-state index in [4.69, 9.17) is 10.2 Å². The Bertz CT molecular complexity index is 196. The first-order chi connectivity index (χ1) is 6.69. The van der Waals surface area contributed by atoms with Gasteiger partial charge in [-0.1, -0.05) is 13.3 Å². The van der Waals surface area contributed by atoms with Crippen molar-refractivity contribution >= 4 is 5.97 Å². The van der Waals surface area contributed by atoms with Crippen LogP contribution in [-0.4, -0.2) is 34.9 Å². The Morgan fingerprint density at radius 2 is 2.29 bits per heavy atom. The molecule has 0 amide bonds. The predicted molar refractivity (Wildman–Crippen MR) is 53.1 cm³/mol. The minimum Gasteiger partial charge on any atom is -0.480 e. The van der Waals surface area contributed by atoms with Crippen molar-refractivity contribution in [3.05, 3.63) is 0 Å². The van der Waals surface area contributed by atoms with Crippen LogP contribution in [0.2, 0.25) is 0 Å². The van der Waals surface area contributed by atoms with Gasteiger partial charge >= 0.3 is 5.97 Å². The van der Waals surface area contributed by atoms with Crippen molar-refractivity contribution in [1.82, 2.24) is 5.32 Å². The largest absolute Gasteiger partial charge is 0.480 e. The van der Waals surface area contributed by atoms with Crippen LogP contribution >= 0.6 is 0 Å². The minimum absolute atomic E-state index is 0.160. The molecule has 0 spiro atoms. The minimum atomic E-state index is -0.795. The molecule has 0 aromatic carbocycles. The van der Waals surface area contributed by atoms with E-state index in [9.17, 15) is 4.79 Å². The maximum Gasteiger partial charge on any atom is 0.320 e. The van der Waals surface area contributed by atoms with Crippen LogP contribution in [0.15, 0.2) is 0 Å². The van der Waals surface area contributed by atoms with E-state index in [0.717, 1.165) is 19.3 Å². The predicted octanol–water partition coefficient (Wildman–Crippen LogP) is 0.600. The molecule has 4 heteroatoms. The zero-order valence-corrected chi connectivity index (χ0v) is 8.57. The molecule has 0 heterocycles. The zero-order valence-electron chi connectivity index (χ0n) is 8.57. The Morgan fingerprint density at radius 3 is 2.79 bits per heavy atom. The standard InChI is InChI=1S/C10H19NO3/c1-2-8(10(13)14)11-9-5-3-4-7(9)6-12/h7-9,11-12H,2-6H2,1H3,(H,13,14). The molecule has 1 rings (SSSR count). The van der Waals surface area contributed by atoms with Crippen molar-refractivity contribution in [2.75, 3.05) is 6.61 Å². The maximum atomic E-state index is 10.8. The molecule has 1 fully saturated rings. The summed E-state index contributed by atoms with van der Waals surface area (Å²) in [6.07, 6.45) is 3.65. The fourth-order valence-electron chi connectivity index (χ4n) is 2.10. The van der Waals surface area contributed by atoms with Gasteiger partial charge < -0.3 is 15.5 Å². The summed E-state index contributed by atoms with van der Waals surface area (Å²) in [6, 6.07) is -0.284. The summed E-state index contributed by atoms with van der Waals surface area (Å²) in [5.41, 5.74) is 0. The second-order valence-electron chi connectivity index (χ2n) is 3.95. The van der Waals surface area contributed by atoms with E-state index in [1.165, 1.54) is 0 Å². The fourth-order valence-corrected chi connectivity index (χ4v) is 2.10.